The minimum absolute atomic E-state index is 0.0150. The minimum Gasteiger partial charge on any atom is -0.337 e. The SMILES string of the molecule is CSc1ccc(Cl)c(C(=O)N2CC[C@H](N)C2)c1. The van der Waals surface area contributed by atoms with Crippen molar-refractivity contribution < 1.29 is 4.79 Å². The standard InChI is InChI=1S/C12H15ClN2OS/c1-17-9-2-3-11(13)10(6-9)12(16)15-5-4-8(14)7-15/h2-3,6,8H,4-5,7,14H2,1H3/t8-/m0/s1. The van der Waals surface area contributed by atoms with E-state index in [4.69, 9.17) is 17.3 Å². The summed E-state index contributed by atoms with van der Waals surface area (Å²) in [5.41, 5.74) is 6.38. The summed E-state index contributed by atoms with van der Waals surface area (Å²) >= 11 is 7.67. The van der Waals surface area contributed by atoms with Gasteiger partial charge in [0.1, 0.15) is 0 Å². The van der Waals surface area contributed by atoms with Gasteiger partial charge in [-0.05, 0) is 30.9 Å². The lowest BCUT2D eigenvalue weighted by Crippen LogP contribution is -2.32. The second-order valence-corrected chi connectivity index (χ2v) is 5.43. The highest BCUT2D eigenvalue weighted by Crippen LogP contribution is 2.25. The number of hydrogen-bond donors (Lipinski definition) is 1. The van der Waals surface area contributed by atoms with Gasteiger partial charge in [-0.3, -0.25) is 4.79 Å². The number of thioether (sulfide) groups is 1. The predicted molar refractivity (Wildman–Crippen MR) is 71.7 cm³/mol. The van der Waals surface area contributed by atoms with E-state index in [1.165, 1.54) is 0 Å². The molecule has 1 aliphatic heterocycles. The fourth-order valence-electron chi connectivity index (χ4n) is 1.94. The molecule has 0 radical (unpaired) electrons. The molecule has 0 saturated carbocycles. The maximum Gasteiger partial charge on any atom is 0.255 e. The molecule has 1 aromatic rings. The molecule has 1 fully saturated rings. The van der Waals surface area contributed by atoms with Crippen LogP contribution in [0.15, 0.2) is 23.1 Å². The van der Waals surface area contributed by atoms with E-state index in [-0.39, 0.29) is 11.9 Å². The van der Waals surface area contributed by atoms with Crippen molar-refractivity contribution >= 4 is 29.3 Å². The molecule has 17 heavy (non-hydrogen) atoms. The van der Waals surface area contributed by atoms with Gasteiger partial charge in [0.25, 0.3) is 5.91 Å². The normalized spacial score (nSPS) is 19.7. The van der Waals surface area contributed by atoms with Gasteiger partial charge >= 0.3 is 0 Å². The Bertz CT molecular complexity index is 439. The van der Waals surface area contributed by atoms with E-state index in [9.17, 15) is 4.79 Å². The topological polar surface area (TPSA) is 46.3 Å². The van der Waals surface area contributed by atoms with Gasteiger partial charge in [0.2, 0.25) is 0 Å². The van der Waals surface area contributed by atoms with Crippen molar-refractivity contribution in [3.63, 3.8) is 0 Å². The lowest BCUT2D eigenvalue weighted by Gasteiger charge is -2.17. The van der Waals surface area contributed by atoms with Gasteiger partial charge < -0.3 is 10.6 Å². The first kappa shape index (κ1) is 12.7. The maximum absolute atomic E-state index is 12.3. The van der Waals surface area contributed by atoms with E-state index in [2.05, 4.69) is 0 Å². The number of carbonyl (C=O) groups is 1. The average molecular weight is 271 g/mol. The molecule has 0 spiro atoms. The second-order valence-electron chi connectivity index (χ2n) is 4.15. The highest BCUT2D eigenvalue weighted by molar-refractivity contribution is 7.98. The first-order valence-corrected chi connectivity index (χ1v) is 7.10. The number of nitrogens with two attached hydrogens (primary N) is 1. The van der Waals surface area contributed by atoms with Crippen LogP contribution in [0.5, 0.6) is 0 Å². The lowest BCUT2D eigenvalue weighted by atomic mass is 10.2. The van der Waals surface area contributed by atoms with Crippen LogP contribution >= 0.6 is 23.4 Å². The Morgan fingerprint density at radius 1 is 1.59 bits per heavy atom. The van der Waals surface area contributed by atoms with Crippen molar-refractivity contribution in [3.05, 3.63) is 28.8 Å². The molecule has 0 unspecified atom stereocenters. The second kappa shape index (κ2) is 5.29. The molecule has 2 rings (SSSR count). The van der Waals surface area contributed by atoms with Crippen LogP contribution in [0.2, 0.25) is 5.02 Å². The fourth-order valence-corrected chi connectivity index (χ4v) is 2.58. The number of halogens is 1. The molecular weight excluding hydrogens is 256 g/mol. The van der Waals surface area contributed by atoms with Gasteiger partial charge in [0, 0.05) is 24.0 Å². The number of nitrogens with zero attached hydrogens (tertiary/aromatic N) is 1. The van der Waals surface area contributed by atoms with E-state index < -0.39 is 0 Å². The number of likely N-dealkylation sites (tertiary alicyclic amines) is 1. The van der Waals surface area contributed by atoms with Crippen LogP contribution in [0.3, 0.4) is 0 Å². The molecule has 1 aromatic carbocycles. The Kier molecular flexibility index (Phi) is 3.97. The number of amides is 1. The summed E-state index contributed by atoms with van der Waals surface area (Å²) in [5.74, 6) is -0.0150. The van der Waals surface area contributed by atoms with Gasteiger partial charge in [-0.25, -0.2) is 0 Å². The molecule has 1 saturated heterocycles. The summed E-state index contributed by atoms with van der Waals surface area (Å²) in [7, 11) is 0. The Morgan fingerprint density at radius 2 is 2.35 bits per heavy atom. The molecule has 1 amide bonds. The number of hydrogen-bond acceptors (Lipinski definition) is 3. The zero-order chi connectivity index (χ0) is 12.4. The van der Waals surface area contributed by atoms with Crippen LogP contribution < -0.4 is 5.73 Å². The van der Waals surface area contributed by atoms with Crippen molar-refractivity contribution in [2.24, 2.45) is 5.73 Å². The lowest BCUT2D eigenvalue weighted by molar-refractivity contribution is 0.0791. The van der Waals surface area contributed by atoms with Gasteiger partial charge in [0.05, 0.1) is 10.6 Å². The van der Waals surface area contributed by atoms with Crippen molar-refractivity contribution in [2.75, 3.05) is 19.3 Å². The van der Waals surface area contributed by atoms with Gasteiger partial charge in [0.15, 0.2) is 0 Å². The van der Waals surface area contributed by atoms with E-state index in [0.29, 0.717) is 17.1 Å². The molecule has 1 aliphatic rings. The van der Waals surface area contributed by atoms with E-state index >= 15 is 0 Å². The van der Waals surface area contributed by atoms with Crippen molar-refractivity contribution in [2.45, 2.75) is 17.4 Å². The van der Waals surface area contributed by atoms with Crippen LogP contribution in [0.1, 0.15) is 16.8 Å². The molecule has 0 bridgehead atoms. The summed E-state index contributed by atoms with van der Waals surface area (Å²) in [6.07, 6.45) is 2.84. The number of benzene rings is 1. The third kappa shape index (κ3) is 2.76. The monoisotopic (exact) mass is 270 g/mol. The smallest absolute Gasteiger partial charge is 0.255 e. The van der Waals surface area contributed by atoms with Crippen LogP contribution in [0.4, 0.5) is 0 Å². The van der Waals surface area contributed by atoms with Crippen LogP contribution in [0.25, 0.3) is 0 Å². The minimum atomic E-state index is -0.0150. The Labute approximate surface area is 110 Å². The summed E-state index contributed by atoms with van der Waals surface area (Å²) < 4.78 is 0. The quantitative estimate of drug-likeness (QED) is 0.839. The average Bonchev–Trinajstić information content (AvgIpc) is 2.76. The zero-order valence-corrected chi connectivity index (χ0v) is 11.2. The fraction of sp³-hybridized carbons (Fsp3) is 0.417. The summed E-state index contributed by atoms with van der Waals surface area (Å²) in [4.78, 5) is 15.1. The first-order valence-electron chi connectivity index (χ1n) is 5.50. The molecule has 3 nitrogen and oxygen atoms in total. The molecule has 0 aliphatic carbocycles. The Hall–Kier alpha value is -0.710. The van der Waals surface area contributed by atoms with Gasteiger partial charge in [-0.2, -0.15) is 0 Å². The van der Waals surface area contributed by atoms with Crippen LogP contribution in [0, 0.1) is 0 Å². The predicted octanol–water partition coefficient (Wildman–Crippen LogP) is 2.24. The molecule has 2 N–H and O–H groups in total. The maximum atomic E-state index is 12.3. The summed E-state index contributed by atoms with van der Waals surface area (Å²) in [5, 5.41) is 0.508. The zero-order valence-electron chi connectivity index (χ0n) is 9.65. The highest BCUT2D eigenvalue weighted by Gasteiger charge is 2.25. The van der Waals surface area contributed by atoms with Crippen molar-refractivity contribution in [3.8, 4) is 0 Å². The molecule has 1 atom stereocenters. The van der Waals surface area contributed by atoms with Gasteiger partial charge in [-0.1, -0.05) is 11.6 Å². The van der Waals surface area contributed by atoms with Gasteiger partial charge in [-0.15, -0.1) is 11.8 Å². The molecular formula is C12H15ClN2OS. The van der Waals surface area contributed by atoms with E-state index in [1.54, 1.807) is 22.7 Å². The molecule has 1 heterocycles. The highest BCUT2D eigenvalue weighted by atomic mass is 35.5. The number of rotatable bonds is 2. The van der Waals surface area contributed by atoms with Crippen molar-refractivity contribution in [1.82, 2.24) is 4.90 Å². The first-order chi connectivity index (χ1) is 8.11. The third-order valence-corrected chi connectivity index (χ3v) is 3.97. The van der Waals surface area contributed by atoms with E-state index in [0.717, 1.165) is 17.9 Å². The molecule has 5 heteroatoms. The summed E-state index contributed by atoms with van der Waals surface area (Å²) in [6.45, 7) is 1.35. The summed E-state index contributed by atoms with van der Waals surface area (Å²) in [6, 6.07) is 5.64. The Balaban J connectivity index is 2.24. The van der Waals surface area contributed by atoms with Crippen molar-refractivity contribution in [1.29, 1.82) is 0 Å². The number of carbonyl (C=O) groups excluding carboxylic acids is 1. The van der Waals surface area contributed by atoms with Crippen LogP contribution in [-0.2, 0) is 0 Å². The third-order valence-electron chi connectivity index (χ3n) is 2.92. The van der Waals surface area contributed by atoms with Crippen LogP contribution in [-0.4, -0.2) is 36.2 Å². The Morgan fingerprint density at radius 3 is 2.94 bits per heavy atom. The molecule has 0 aromatic heterocycles. The molecule has 92 valence electrons. The van der Waals surface area contributed by atoms with E-state index in [1.807, 2.05) is 18.4 Å². The largest absolute Gasteiger partial charge is 0.337 e.